The second kappa shape index (κ2) is 18.6. The molecule has 4 atom stereocenters. The number of H-pyrrole nitrogens is 1. The number of likely N-dealkylation sites (tertiary alicyclic amines) is 1. The van der Waals surface area contributed by atoms with Gasteiger partial charge in [0.1, 0.15) is 28.9 Å². The monoisotopic (exact) mass is 1010 g/mol. The van der Waals surface area contributed by atoms with Crippen molar-refractivity contribution < 1.29 is 32.3 Å². The zero-order valence-electron chi connectivity index (χ0n) is 41.6. The summed E-state index contributed by atoms with van der Waals surface area (Å²) < 4.78 is 51.1. The van der Waals surface area contributed by atoms with E-state index >= 15 is 8.42 Å². The Morgan fingerprint density at radius 2 is 1.77 bits per heavy atom. The summed E-state index contributed by atoms with van der Waals surface area (Å²) in [4.78, 5) is 45.2. The fourth-order valence-corrected chi connectivity index (χ4v) is 14.8. The van der Waals surface area contributed by atoms with Crippen LogP contribution in [0.4, 0.5) is 28.4 Å². The highest BCUT2D eigenvalue weighted by Gasteiger charge is 2.51. The number of fused-ring (bicyclic) bond motifs is 4. The van der Waals surface area contributed by atoms with Crippen molar-refractivity contribution in [1.29, 1.82) is 0 Å². The summed E-state index contributed by atoms with van der Waals surface area (Å²) in [5.74, 6) is -0.520. The SMILES string of the molecule is C=C(C)c1ccccc1[C@@H]1CCCN1C1CC2(CCN(c3ccc(C(N)=O)c(N4c5cc6cc[nH]c6nc5O[C@@H]5COCC[C@H]54)c3S(=O)(=O)c3cc4c(c([N+](=O)[O-])c3)N[C@@H](CN3CCN(C)CC3)CO4)CC2)C1. The zero-order valence-corrected chi connectivity index (χ0v) is 42.4. The second-order valence-corrected chi connectivity index (χ2v) is 23.4. The average Bonchev–Trinajstić information content (AvgIpc) is 4.06. The van der Waals surface area contributed by atoms with Gasteiger partial charge in [-0.3, -0.25) is 24.7 Å². The maximum absolute atomic E-state index is 16.2. The fraction of sp³-hybridized carbons (Fsp3) is 0.481. The maximum atomic E-state index is 16.2. The summed E-state index contributed by atoms with van der Waals surface area (Å²) in [6.45, 7) is 13.4. The van der Waals surface area contributed by atoms with E-state index in [0.29, 0.717) is 61.8 Å². The normalized spacial score (nSPS) is 24.5. The molecule has 0 unspecified atom stereocenters. The van der Waals surface area contributed by atoms with Gasteiger partial charge in [-0.15, -0.1) is 0 Å². The molecule has 3 aromatic carbocycles. The van der Waals surface area contributed by atoms with E-state index in [1.165, 1.54) is 17.2 Å². The molecule has 1 aliphatic carbocycles. The van der Waals surface area contributed by atoms with Crippen LogP contribution in [0.2, 0.25) is 0 Å². The second-order valence-electron chi connectivity index (χ2n) is 21.5. The molecular formula is C54H64N10O8S. The molecule has 1 amide bonds. The standard InChI is InChI=1S/C54H64N10O8S/c1-33(2)38-7-4-5-8-39(38)41-9-6-17-62(41)36-28-54(29-36)14-18-61(19-15-54)43-11-10-40(51(55)65)49(63-42-13-24-70-32-47(42)72-53-45(63)25-34-12-16-56-52(34)58-53)50(43)73(68,69)37-26-44(64(66)67)48-46(27-37)71-31-35(57-48)30-60-22-20-59(3)21-23-60/h4-5,7-8,10-12,16,25-27,35-36,41-42,47,57H,1,6,9,13-15,17-24,28-32H2,2-3H3,(H2,55,65)(H,56,58)/t35-,41-,42+,47+/m0/s1. The number of ether oxygens (including phenoxy) is 3. The number of sulfone groups is 1. The van der Waals surface area contributed by atoms with E-state index in [9.17, 15) is 14.9 Å². The number of rotatable bonds is 11. The third kappa shape index (κ3) is 8.46. The zero-order chi connectivity index (χ0) is 50.3. The summed E-state index contributed by atoms with van der Waals surface area (Å²) in [6, 6.07) is 18.3. The van der Waals surface area contributed by atoms with Crippen LogP contribution in [-0.4, -0.2) is 147 Å². The lowest BCUT2D eigenvalue weighted by Gasteiger charge is -2.56. The Kier molecular flexibility index (Phi) is 12.2. The van der Waals surface area contributed by atoms with Gasteiger partial charge < -0.3 is 44.9 Å². The Morgan fingerprint density at radius 3 is 2.53 bits per heavy atom. The number of allylic oxidation sites excluding steroid dienone is 1. The predicted molar refractivity (Wildman–Crippen MR) is 279 cm³/mol. The number of pyridine rings is 1. The van der Waals surface area contributed by atoms with Gasteiger partial charge in [0.15, 0.2) is 11.4 Å². The molecule has 1 spiro atoms. The highest BCUT2D eigenvalue weighted by Crippen LogP contribution is 2.56. The van der Waals surface area contributed by atoms with Gasteiger partial charge in [-0.1, -0.05) is 36.4 Å². The number of nitro groups is 1. The number of piperazine rings is 1. The topological polar surface area (TPSA) is 205 Å². The molecule has 5 aromatic rings. The van der Waals surface area contributed by atoms with Crippen LogP contribution in [0.15, 0.2) is 83.2 Å². The quantitative estimate of drug-likeness (QED) is 0.0890. The Morgan fingerprint density at radius 1 is 0.973 bits per heavy atom. The van der Waals surface area contributed by atoms with E-state index in [1.807, 2.05) is 17.0 Å². The van der Waals surface area contributed by atoms with Gasteiger partial charge in [-0.25, -0.2) is 8.42 Å². The van der Waals surface area contributed by atoms with Crippen LogP contribution < -0.4 is 30.3 Å². The molecule has 6 aliphatic heterocycles. The number of nitrogens with one attached hydrogen (secondary N) is 2. The van der Waals surface area contributed by atoms with Crippen molar-refractivity contribution in [2.75, 3.05) is 94.3 Å². The van der Waals surface area contributed by atoms with Crippen molar-refractivity contribution >= 4 is 60.8 Å². The largest absolute Gasteiger partial charge is 0.489 e. The number of carbonyl (C=O) groups is 1. The fourth-order valence-electron chi connectivity index (χ4n) is 13.1. The highest BCUT2D eigenvalue weighted by molar-refractivity contribution is 7.91. The van der Waals surface area contributed by atoms with Crippen molar-refractivity contribution in [2.24, 2.45) is 11.1 Å². The van der Waals surface area contributed by atoms with Crippen molar-refractivity contribution in [2.45, 2.75) is 91.9 Å². The summed E-state index contributed by atoms with van der Waals surface area (Å²) in [6.07, 6.45) is 7.67. The first-order valence-corrected chi connectivity index (χ1v) is 27.4. The summed E-state index contributed by atoms with van der Waals surface area (Å²) in [7, 11) is -2.68. The molecule has 0 radical (unpaired) electrons. The number of piperidine rings is 1. The lowest BCUT2D eigenvalue weighted by atomic mass is 9.59. The van der Waals surface area contributed by atoms with Gasteiger partial charge in [0.05, 0.1) is 45.4 Å². The highest BCUT2D eigenvalue weighted by atomic mass is 32.2. The lowest BCUT2D eigenvalue weighted by Crippen LogP contribution is -2.55. The third-order valence-corrected chi connectivity index (χ3v) is 18.8. The van der Waals surface area contributed by atoms with Gasteiger partial charge in [-0.05, 0) is 106 Å². The number of carbonyl (C=O) groups excluding carboxylic acids is 1. The van der Waals surface area contributed by atoms with Gasteiger partial charge >= 0.3 is 0 Å². The molecule has 384 valence electrons. The predicted octanol–water partition coefficient (Wildman–Crippen LogP) is 7.13. The van der Waals surface area contributed by atoms with E-state index in [0.717, 1.165) is 88.3 Å². The van der Waals surface area contributed by atoms with Crippen LogP contribution in [0.5, 0.6) is 11.6 Å². The van der Waals surface area contributed by atoms with Crippen LogP contribution in [0, 0.1) is 15.5 Å². The number of nitro benzene ring substituents is 1. The molecule has 5 fully saturated rings. The maximum Gasteiger partial charge on any atom is 0.297 e. The third-order valence-electron chi connectivity index (χ3n) is 17.0. The van der Waals surface area contributed by atoms with E-state index in [-0.39, 0.29) is 63.0 Å². The number of amides is 1. The number of nitrogens with zero attached hydrogens (tertiary/aromatic N) is 7. The number of nitrogens with two attached hydrogens (primary N) is 1. The van der Waals surface area contributed by atoms with Crippen LogP contribution in [-0.2, 0) is 14.6 Å². The number of primary amides is 1. The minimum atomic E-state index is -4.77. The number of benzene rings is 3. The molecule has 2 aromatic heterocycles. The molecule has 4 N–H and O–H groups in total. The molecule has 4 saturated heterocycles. The van der Waals surface area contributed by atoms with Gasteiger partial charge in [0.25, 0.3) is 11.6 Å². The van der Waals surface area contributed by atoms with Crippen molar-refractivity contribution in [3.63, 3.8) is 0 Å². The smallest absolute Gasteiger partial charge is 0.297 e. The van der Waals surface area contributed by atoms with E-state index in [2.05, 4.69) is 74.7 Å². The van der Waals surface area contributed by atoms with Crippen LogP contribution in [0.1, 0.15) is 79.4 Å². The Bertz CT molecular complexity index is 3120. The minimum Gasteiger partial charge on any atom is -0.489 e. The summed E-state index contributed by atoms with van der Waals surface area (Å²) in [5, 5.41) is 17.2. The Hall–Kier alpha value is -6.25. The Balaban J connectivity index is 0.935. The molecule has 7 aliphatic rings. The molecule has 0 bridgehead atoms. The summed E-state index contributed by atoms with van der Waals surface area (Å²) in [5.41, 5.74) is 11.3. The molecule has 73 heavy (non-hydrogen) atoms. The van der Waals surface area contributed by atoms with Crippen molar-refractivity contribution in [1.82, 2.24) is 24.7 Å². The molecule has 1 saturated carbocycles. The van der Waals surface area contributed by atoms with Gasteiger partial charge in [-0.2, -0.15) is 4.98 Å². The van der Waals surface area contributed by atoms with Crippen LogP contribution >= 0.6 is 0 Å². The molecule has 8 heterocycles. The molecule has 18 nitrogen and oxygen atoms in total. The van der Waals surface area contributed by atoms with Gasteiger partial charge in [0.2, 0.25) is 15.7 Å². The average molecular weight is 1010 g/mol. The number of hydrogen-bond donors (Lipinski definition) is 3. The Labute approximate surface area is 425 Å². The summed E-state index contributed by atoms with van der Waals surface area (Å²) >= 11 is 0. The number of aromatic nitrogens is 2. The van der Waals surface area contributed by atoms with Gasteiger partial charge in [0, 0.05) is 88.2 Å². The first kappa shape index (κ1) is 47.7. The first-order valence-electron chi connectivity index (χ1n) is 25.9. The molecule has 12 rings (SSSR count). The van der Waals surface area contributed by atoms with Crippen LogP contribution in [0.25, 0.3) is 16.6 Å². The van der Waals surface area contributed by atoms with Crippen LogP contribution in [0.3, 0.4) is 0 Å². The molecule has 19 heteroatoms. The van der Waals surface area contributed by atoms with Crippen molar-refractivity contribution in [3.8, 4) is 11.6 Å². The number of aromatic amines is 1. The number of likely N-dealkylation sites (N-methyl/N-ethyl adjacent to an activating group) is 1. The lowest BCUT2D eigenvalue weighted by molar-refractivity contribution is -0.384. The van der Waals surface area contributed by atoms with E-state index in [4.69, 9.17) is 24.9 Å². The number of anilines is 4. The minimum absolute atomic E-state index is 0.0181. The number of hydrogen-bond acceptors (Lipinski definition) is 15. The first-order chi connectivity index (χ1) is 35.2. The molecular weight excluding hydrogens is 949 g/mol. The van der Waals surface area contributed by atoms with E-state index < -0.39 is 38.5 Å². The van der Waals surface area contributed by atoms with E-state index in [1.54, 1.807) is 18.3 Å². The van der Waals surface area contributed by atoms with Crippen molar-refractivity contribution in [3.05, 3.63) is 100 Å².